The van der Waals surface area contributed by atoms with Crippen molar-refractivity contribution in [1.82, 2.24) is 4.90 Å². The third-order valence-corrected chi connectivity index (χ3v) is 0.713. The average Bonchev–Trinajstić information content (AvgIpc) is 1.65. The molecule has 1 amide bonds. The first-order chi connectivity index (χ1) is 3.18. The molecule has 0 atom stereocenters. The molecule has 0 aliphatic rings. The Kier molecular flexibility index (Phi) is 16.1. The van der Waals surface area contributed by atoms with E-state index in [2.05, 4.69) is 6.92 Å². The number of hydrogen-bond donors (Lipinski definition) is 0. The van der Waals surface area contributed by atoms with Gasteiger partial charge in [-0.15, -0.1) is 0 Å². The maximum Gasteiger partial charge on any atom is 0.222 e. The summed E-state index contributed by atoms with van der Waals surface area (Å²) in [4.78, 5) is 11.9. The SMILES string of the molecule is [CH2]CC(=O)N(C)C.[I-].[Zn]. The minimum absolute atomic E-state index is 0. The van der Waals surface area contributed by atoms with Gasteiger partial charge in [-0.2, -0.15) is 0 Å². The summed E-state index contributed by atoms with van der Waals surface area (Å²) in [5.41, 5.74) is 0. The molecule has 0 N–H and O–H groups in total. The molecule has 0 aromatic heterocycles. The van der Waals surface area contributed by atoms with E-state index in [9.17, 15) is 4.79 Å². The third kappa shape index (κ3) is 8.82. The Morgan fingerprint density at radius 2 is 1.89 bits per heavy atom. The van der Waals surface area contributed by atoms with Gasteiger partial charge in [-0.25, -0.2) is 0 Å². The second-order valence-corrected chi connectivity index (χ2v) is 1.54. The summed E-state index contributed by atoms with van der Waals surface area (Å²) >= 11 is 0. The van der Waals surface area contributed by atoms with Crippen LogP contribution < -0.4 is 24.0 Å². The maximum absolute atomic E-state index is 10.4. The molecule has 0 aliphatic heterocycles. The second-order valence-electron chi connectivity index (χ2n) is 1.54. The van der Waals surface area contributed by atoms with Crippen molar-refractivity contribution >= 4 is 5.91 Å². The fourth-order valence-electron chi connectivity index (χ4n) is 0.224. The van der Waals surface area contributed by atoms with E-state index in [1.54, 1.807) is 14.1 Å². The minimum atomic E-state index is 0. The van der Waals surface area contributed by atoms with Gasteiger partial charge in [0.05, 0.1) is 0 Å². The first-order valence-corrected chi connectivity index (χ1v) is 2.18. The topological polar surface area (TPSA) is 20.3 Å². The van der Waals surface area contributed by atoms with Crippen LogP contribution in [-0.2, 0) is 24.3 Å². The van der Waals surface area contributed by atoms with E-state index in [0.29, 0.717) is 6.42 Å². The van der Waals surface area contributed by atoms with Gasteiger partial charge in [0.2, 0.25) is 5.91 Å². The van der Waals surface area contributed by atoms with Crippen LogP contribution in [0.5, 0.6) is 0 Å². The van der Waals surface area contributed by atoms with Crippen LogP contribution in [-0.4, -0.2) is 24.9 Å². The summed E-state index contributed by atoms with van der Waals surface area (Å²) in [5, 5.41) is 0. The van der Waals surface area contributed by atoms with Crippen molar-refractivity contribution in [3.8, 4) is 0 Å². The summed E-state index contributed by atoms with van der Waals surface area (Å²) in [7, 11) is 3.43. The fourth-order valence-corrected chi connectivity index (χ4v) is 0.224. The van der Waals surface area contributed by atoms with Crippen LogP contribution in [0, 0.1) is 6.92 Å². The van der Waals surface area contributed by atoms with E-state index in [1.807, 2.05) is 0 Å². The van der Waals surface area contributed by atoms with Gasteiger partial charge in [-0.1, -0.05) is 0 Å². The van der Waals surface area contributed by atoms with Crippen molar-refractivity contribution in [3.05, 3.63) is 6.92 Å². The van der Waals surface area contributed by atoms with Crippen molar-refractivity contribution < 1.29 is 48.2 Å². The molecule has 9 heavy (non-hydrogen) atoms. The molecule has 0 spiro atoms. The molecule has 1 radical (unpaired) electrons. The molecule has 0 aromatic rings. The molecule has 0 unspecified atom stereocenters. The van der Waals surface area contributed by atoms with Crippen molar-refractivity contribution in [1.29, 1.82) is 0 Å². The molecular formula is C5H10INOZn-. The van der Waals surface area contributed by atoms with Crippen LogP contribution in [0.3, 0.4) is 0 Å². The molecule has 51 valence electrons. The minimum Gasteiger partial charge on any atom is -1.00 e. The van der Waals surface area contributed by atoms with Crippen LogP contribution in [0.25, 0.3) is 0 Å². The molecule has 0 rings (SSSR count). The second kappa shape index (κ2) is 8.82. The number of nitrogens with zero attached hydrogens (tertiary/aromatic N) is 1. The third-order valence-electron chi connectivity index (χ3n) is 0.713. The molecular weight excluding hydrogens is 282 g/mol. The van der Waals surface area contributed by atoms with Gasteiger partial charge in [-0.05, 0) is 6.92 Å². The Balaban J connectivity index is -0.000000180. The summed E-state index contributed by atoms with van der Waals surface area (Å²) in [6.07, 6.45) is 0.354. The first-order valence-electron chi connectivity index (χ1n) is 2.18. The number of carbonyl (C=O) groups excluding carboxylic acids is 1. The Morgan fingerprint density at radius 3 is 1.89 bits per heavy atom. The Morgan fingerprint density at radius 1 is 1.56 bits per heavy atom. The summed E-state index contributed by atoms with van der Waals surface area (Å²) < 4.78 is 0. The quantitative estimate of drug-likeness (QED) is 0.380. The molecule has 0 fully saturated rings. The van der Waals surface area contributed by atoms with E-state index in [1.165, 1.54) is 4.90 Å². The van der Waals surface area contributed by atoms with Gasteiger partial charge in [0.1, 0.15) is 0 Å². The molecule has 0 aromatic carbocycles. The summed E-state index contributed by atoms with van der Waals surface area (Å²) in [5.74, 6) is 0.0694. The van der Waals surface area contributed by atoms with Gasteiger partial charge >= 0.3 is 0 Å². The number of halogens is 1. The van der Waals surface area contributed by atoms with E-state index in [0.717, 1.165) is 0 Å². The molecule has 0 saturated heterocycles. The number of amides is 1. The molecule has 2 nitrogen and oxygen atoms in total. The Bertz CT molecular complexity index is 77.4. The normalized spacial score (nSPS) is 6.56. The van der Waals surface area contributed by atoms with Gasteiger partial charge < -0.3 is 28.9 Å². The predicted molar refractivity (Wildman–Crippen MR) is 28.7 cm³/mol. The largest absolute Gasteiger partial charge is 1.00 e. The first kappa shape index (κ1) is 16.4. The van der Waals surface area contributed by atoms with E-state index in [4.69, 9.17) is 0 Å². The maximum atomic E-state index is 10.4. The van der Waals surface area contributed by atoms with Gasteiger partial charge in [0, 0.05) is 40.0 Å². The van der Waals surface area contributed by atoms with Crippen molar-refractivity contribution in [3.63, 3.8) is 0 Å². The van der Waals surface area contributed by atoms with Crippen LogP contribution in [0.15, 0.2) is 0 Å². The van der Waals surface area contributed by atoms with Crippen LogP contribution in [0.4, 0.5) is 0 Å². The average molecular weight is 292 g/mol. The zero-order valence-electron chi connectivity index (χ0n) is 5.85. The molecule has 4 heteroatoms. The summed E-state index contributed by atoms with van der Waals surface area (Å²) in [6, 6.07) is 0. The van der Waals surface area contributed by atoms with Gasteiger partial charge in [0.15, 0.2) is 0 Å². The molecule has 0 bridgehead atoms. The molecule has 0 heterocycles. The smallest absolute Gasteiger partial charge is 0.222 e. The van der Waals surface area contributed by atoms with Crippen molar-refractivity contribution in [2.75, 3.05) is 14.1 Å². The monoisotopic (exact) mass is 291 g/mol. The van der Waals surface area contributed by atoms with Gasteiger partial charge in [0.25, 0.3) is 0 Å². The zero-order valence-corrected chi connectivity index (χ0v) is 11.0. The standard InChI is InChI=1S/C5H10NO.HI.Zn/c1-4-5(7)6(2)3;;/h1,4H2,2-3H3;1H;/p-1. The Hall–Kier alpha value is 0.823. The van der Waals surface area contributed by atoms with Crippen molar-refractivity contribution in [2.24, 2.45) is 0 Å². The summed E-state index contributed by atoms with van der Waals surface area (Å²) in [6.45, 7) is 3.42. The molecule has 0 saturated carbocycles. The predicted octanol–water partition coefficient (Wildman–Crippen LogP) is -2.70. The van der Waals surface area contributed by atoms with E-state index < -0.39 is 0 Å². The number of carbonyl (C=O) groups is 1. The zero-order chi connectivity index (χ0) is 5.86. The number of rotatable bonds is 1. The Labute approximate surface area is 86.1 Å². The van der Waals surface area contributed by atoms with Gasteiger partial charge in [-0.3, -0.25) is 4.79 Å². The fraction of sp³-hybridized carbons (Fsp3) is 0.600. The number of hydrogen-bond acceptors (Lipinski definition) is 1. The van der Waals surface area contributed by atoms with Crippen LogP contribution in [0.2, 0.25) is 0 Å². The van der Waals surface area contributed by atoms with E-state index in [-0.39, 0.29) is 49.4 Å². The van der Waals surface area contributed by atoms with Crippen LogP contribution >= 0.6 is 0 Å². The molecule has 0 aliphatic carbocycles. The van der Waals surface area contributed by atoms with Crippen molar-refractivity contribution in [2.45, 2.75) is 6.42 Å². The van der Waals surface area contributed by atoms with E-state index >= 15 is 0 Å². The van der Waals surface area contributed by atoms with Crippen LogP contribution in [0.1, 0.15) is 6.42 Å².